The number of halogens is 1. The molecule has 0 spiro atoms. The third-order valence-corrected chi connectivity index (χ3v) is 4.75. The van der Waals surface area contributed by atoms with E-state index in [4.69, 9.17) is 16.3 Å². The summed E-state index contributed by atoms with van der Waals surface area (Å²) in [5, 5.41) is 5.51. The minimum atomic E-state index is -0.789. The fourth-order valence-electron chi connectivity index (χ4n) is 3.00. The fourth-order valence-corrected chi connectivity index (χ4v) is 3.21. The second kappa shape index (κ2) is 8.69. The van der Waals surface area contributed by atoms with Gasteiger partial charge in [-0.05, 0) is 28.0 Å². The molecule has 3 aromatic carbocycles. The van der Waals surface area contributed by atoms with Gasteiger partial charge in [-0.3, -0.25) is 4.79 Å². The molecule has 0 aliphatic carbocycles. The Morgan fingerprint density at radius 2 is 1.70 bits per heavy atom. The van der Waals surface area contributed by atoms with Crippen LogP contribution in [0.2, 0.25) is 5.02 Å². The van der Waals surface area contributed by atoms with Crippen LogP contribution in [0, 0.1) is 0 Å². The predicted molar refractivity (Wildman–Crippen MR) is 107 cm³/mol. The number of ether oxygens (including phenoxy) is 1. The number of hydrogen-bond acceptors (Lipinski definition) is 3. The quantitative estimate of drug-likeness (QED) is 0.658. The Hall–Kier alpha value is -2.85. The van der Waals surface area contributed by atoms with Gasteiger partial charge in [0.05, 0.1) is 13.5 Å². The Morgan fingerprint density at radius 3 is 2.44 bits per heavy atom. The first-order valence-corrected chi connectivity index (χ1v) is 9.03. The normalized spacial score (nSPS) is 11.8. The van der Waals surface area contributed by atoms with E-state index >= 15 is 0 Å². The molecular weight excluding hydrogens is 362 g/mol. The molecule has 0 fully saturated rings. The Morgan fingerprint density at radius 1 is 1.00 bits per heavy atom. The van der Waals surface area contributed by atoms with Crippen molar-refractivity contribution < 1.29 is 14.3 Å². The van der Waals surface area contributed by atoms with Gasteiger partial charge in [0.25, 0.3) is 0 Å². The number of rotatable bonds is 6. The highest BCUT2D eigenvalue weighted by Crippen LogP contribution is 2.18. The molecule has 0 unspecified atom stereocenters. The second-order valence-corrected chi connectivity index (χ2v) is 6.70. The lowest BCUT2D eigenvalue weighted by atomic mass is 10.0. The summed E-state index contributed by atoms with van der Waals surface area (Å²) >= 11 is 6.17. The van der Waals surface area contributed by atoms with E-state index in [9.17, 15) is 9.59 Å². The minimum Gasteiger partial charge on any atom is -0.467 e. The van der Waals surface area contributed by atoms with Gasteiger partial charge in [0, 0.05) is 11.4 Å². The fraction of sp³-hybridized carbons (Fsp3) is 0.182. The molecule has 1 atom stereocenters. The van der Waals surface area contributed by atoms with Crippen molar-refractivity contribution in [2.75, 3.05) is 7.11 Å². The van der Waals surface area contributed by atoms with Crippen molar-refractivity contribution in [1.82, 2.24) is 5.32 Å². The highest BCUT2D eigenvalue weighted by atomic mass is 35.5. The van der Waals surface area contributed by atoms with Crippen LogP contribution in [-0.4, -0.2) is 25.0 Å². The lowest BCUT2D eigenvalue weighted by Gasteiger charge is -2.17. The largest absolute Gasteiger partial charge is 0.467 e. The van der Waals surface area contributed by atoms with Crippen molar-refractivity contribution in [2.45, 2.75) is 18.9 Å². The third-order valence-electron chi connectivity index (χ3n) is 4.38. The number of methoxy groups -OCH3 is 1. The van der Waals surface area contributed by atoms with E-state index in [1.54, 1.807) is 6.07 Å². The SMILES string of the molecule is COC(=O)[C@@H](Cc1ccccc1Cl)NC(=O)Cc1ccc2ccccc2c1. The molecule has 1 N–H and O–H groups in total. The summed E-state index contributed by atoms with van der Waals surface area (Å²) in [4.78, 5) is 24.6. The Balaban J connectivity index is 1.71. The summed E-state index contributed by atoms with van der Waals surface area (Å²) in [6.45, 7) is 0. The molecule has 0 aromatic heterocycles. The van der Waals surface area contributed by atoms with Gasteiger partial charge in [-0.25, -0.2) is 4.79 Å². The minimum absolute atomic E-state index is 0.181. The predicted octanol–water partition coefficient (Wildman–Crippen LogP) is 3.94. The number of carbonyl (C=O) groups excluding carboxylic acids is 2. The number of esters is 1. The van der Waals surface area contributed by atoms with Crippen LogP contribution in [0.1, 0.15) is 11.1 Å². The van der Waals surface area contributed by atoms with Crippen LogP contribution < -0.4 is 5.32 Å². The molecule has 0 bridgehead atoms. The van der Waals surface area contributed by atoms with Crippen molar-refractivity contribution in [1.29, 1.82) is 0 Å². The van der Waals surface area contributed by atoms with E-state index < -0.39 is 12.0 Å². The first-order chi connectivity index (χ1) is 13.1. The van der Waals surface area contributed by atoms with Gasteiger partial charge in [-0.1, -0.05) is 72.3 Å². The Bertz CT molecular complexity index is 970. The van der Waals surface area contributed by atoms with E-state index in [1.807, 2.05) is 60.7 Å². The Labute approximate surface area is 163 Å². The second-order valence-electron chi connectivity index (χ2n) is 6.30. The number of carbonyl (C=O) groups is 2. The zero-order valence-corrected chi connectivity index (χ0v) is 15.7. The van der Waals surface area contributed by atoms with Crippen LogP contribution in [0.15, 0.2) is 66.7 Å². The Kier molecular flexibility index (Phi) is 6.09. The first kappa shape index (κ1) is 18.9. The van der Waals surface area contributed by atoms with Crippen molar-refractivity contribution in [3.63, 3.8) is 0 Å². The van der Waals surface area contributed by atoms with Gasteiger partial charge in [0.15, 0.2) is 0 Å². The van der Waals surface area contributed by atoms with Crippen molar-refractivity contribution in [3.05, 3.63) is 82.9 Å². The molecule has 0 radical (unpaired) electrons. The molecular formula is C22H20ClNO3. The van der Waals surface area contributed by atoms with E-state index in [0.717, 1.165) is 21.9 Å². The molecule has 3 rings (SSSR count). The monoisotopic (exact) mass is 381 g/mol. The summed E-state index contributed by atoms with van der Waals surface area (Å²) in [7, 11) is 1.30. The van der Waals surface area contributed by atoms with E-state index in [-0.39, 0.29) is 18.7 Å². The zero-order valence-electron chi connectivity index (χ0n) is 14.9. The van der Waals surface area contributed by atoms with Crippen molar-refractivity contribution >= 4 is 34.2 Å². The van der Waals surface area contributed by atoms with Gasteiger partial charge in [0.1, 0.15) is 6.04 Å². The van der Waals surface area contributed by atoms with Gasteiger partial charge >= 0.3 is 5.97 Å². The molecule has 4 nitrogen and oxygen atoms in total. The van der Waals surface area contributed by atoms with Crippen LogP contribution in [-0.2, 0) is 27.2 Å². The molecule has 0 aliphatic heterocycles. The maximum atomic E-state index is 12.5. The summed E-state index contributed by atoms with van der Waals surface area (Å²) in [5.41, 5.74) is 1.66. The molecule has 1 amide bonds. The maximum Gasteiger partial charge on any atom is 0.328 e. The third kappa shape index (κ3) is 4.86. The number of amides is 1. The van der Waals surface area contributed by atoms with Crippen molar-refractivity contribution in [2.24, 2.45) is 0 Å². The number of nitrogens with one attached hydrogen (secondary N) is 1. The summed E-state index contributed by atoms with van der Waals surface area (Å²) in [6.07, 6.45) is 0.455. The average Bonchev–Trinajstić information content (AvgIpc) is 2.68. The maximum absolute atomic E-state index is 12.5. The molecule has 27 heavy (non-hydrogen) atoms. The molecule has 3 aromatic rings. The van der Waals surface area contributed by atoms with Crippen LogP contribution >= 0.6 is 11.6 Å². The average molecular weight is 382 g/mol. The summed E-state index contributed by atoms with van der Waals surface area (Å²) in [5.74, 6) is -0.741. The van der Waals surface area contributed by atoms with E-state index in [1.165, 1.54) is 7.11 Å². The highest BCUT2D eigenvalue weighted by Gasteiger charge is 2.23. The van der Waals surface area contributed by atoms with Crippen LogP contribution in [0.5, 0.6) is 0 Å². The number of fused-ring (bicyclic) bond motifs is 1. The highest BCUT2D eigenvalue weighted by molar-refractivity contribution is 6.31. The first-order valence-electron chi connectivity index (χ1n) is 8.65. The van der Waals surface area contributed by atoms with E-state index in [2.05, 4.69) is 5.32 Å². The number of benzene rings is 3. The topological polar surface area (TPSA) is 55.4 Å². The molecule has 5 heteroatoms. The van der Waals surface area contributed by atoms with Crippen LogP contribution in [0.25, 0.3) is 10.8 Å². The molecule has 138 valence electrons. The van der Waals surface area contributed by atoms with Crippen molar-refractivity contribution in [3.8, 4) is 0 Å². The van der Waals surface area contributed by atoms with E-state index in [0.29, 0.717) is 5.02 Å². The molecule has 0 aliphatic rings. The smallest absolute Gasteiger partial charge is 0.328 e. The molecule has 0 saturated heterocycles. The summed E-state index contributed by atoms with van der Waals surface area (Å²) < 4.78 is 4.84. The zero-order chi connectivity index (χ0) is 19.2. The van der Waals surface area contributed by atoms with Gasteiger partial charge in [-0.2, -0.15) is 0 Å². The van der Waals surface area contributed by atoms with Gasteiger partial charge in [-0.15, -0.1) is 0 Å². The lowest BCUT2D eigenvalue weighted by Crippen LogP contribution is -2.43. The van der Waals surface area contributed by atoms with Gasteiger partial charge < -0.3 is 10.1 Å². The van der Waals surface area contributed by atoms with Crippen LogP contribution in [0.4, 0.5) is 0 Å². The summed E-state index contributed by atoms with van der Waals surface area (Å²) in [6, 6.07) is 20.3. The van der Waals surface area contributed by atoms with Crippen LogP contribution in [0.3, 0.4) is 0 Å². The molecule has 0 saturated carbocycles. The number of hydrogen-bond donors (Lipinski definition) is 1. The molecule has 0 heterocycles. The van der Waals surface area contributed by atoms with Gasteiger partial charge in [0.2, 0.25) is 5.91 Å². The standard InChI is InChI=1S/C22H20ClNO3/c1-27-22(26)20(14-18-8-4-5-9-19(18)23)24-21(25)13-15-10-11-16-6-2-3-7-17(16)12-15/h2-12,20H,13-14H2,1H3,(H,24,25)/t20-/m1/s1. The lowest BCUT2D eigenvalue weighted by molar-refractivity contribution is -0.145.